The molecule has 0 saturated heterocycles. The molecule has 1 aromatic heterocycles. The third kappa shape index (κ3) is 5.39. The Morgan fingerprint density at radius 1 is 1.40 bits per heavy atom. The molecule has 1 amide bonds. The largest absolute Gasteiger partial charge is 0.480 e. The fourth-order valence-corrected chi connectivity index (χ4v) is 1.98. The minimum Gasteiger partial charge on any atom is -0.480 e. The molecule has 138 valence electrons. The molecule has 0 bridgehead atoms. The summed E-state index contributed by atoms with van der Waals surface area (Å²) in [6, 6.07) is -2.28. The SMILES string of the molecule is C[C@H](N)C(NC(=O)/C(=N\OC(C)(C)C(=O)O)c1csc(N)n1)C(=O)O. The number of thiazole rings is 1. The van der Waals surface area contributed by atoms with Gasteiger partial charge in [-0.3, -0.25) is 4.79 Å². The molecule has 7 N–H and O–H groups in total. The number of nitrogen functional groups attached to an aromatic ring is 1. The molecule has 0 saturated carbocycles. The van der Waals surface area contributed by atoms with Crippen LogP contribution in [0.1, 0.15) is 26.5 Å². The summed E-state index contributed by atoms with van der Waals surface area (Å²) in [5.74, 6) is -3.60. The van der Waals surface area contributed by atoms with Crippen molar-refractivity contribution in [2.24, 2.45) is 10.9 Å². The highest BCUT2D eigenvalue weighted by Crippen LogP contribution is 2.15. The van der Waals surface area contributed by atoms with Gasteiger partial charge in [-0.05, 0) is 20.8 Å². The van der Waals surface area contributed by atoms with Crippen LogP contribution in [0.15, 0.2) is 10.5 Å². The molecule has 1 unspecified atom stereocenters. The third-order valence-electron chi connectivity index (χ3n) is 2.94. The second-order valence-corrected chi connectivity index (χ2v) is 6.46. The number of hydrogen-bond acceptors (Lipinski definition) is 9. The number of nitrogens with one attached hydrogen (secondary N) is 1. The predicted molar refractivity (Wildman–Crippen MR) is 89.1 cm³/mol. The molecular formula is C13H19N5O6S. The number of hydrogen-bond donors (Lipinski definition) is 5. The number of aliphatic carboxylic acids is 2. The van der Waals surface area contributed by atoms with Gasteiger partial charge in [0.05, 0.1) is 0 Å². The van der Waals surface area contributed by atoms with E-state index < -0.39 is 41.2 Å². The fraction of sp³-hybridized carbons (Fsp3) is 0.462. The molecule has 0 fully saturated rings. The number of carbonyl (C=O) groups excluding carboxylic acids is 1. The lowest BCUT2D eigenvalue weighted by molar-refractivity contribution is -0.161. The van der Waals surface area contributed by atoms with Crippen LogP contribution in [-0.2, 0) is 19.2 Å². The second kappa shape index (κ2) is 7.90. The first kappa shape index (κ1) is 20.3. The molecule has 0 spiro atoms. The molecular weight excluding hydrogens is 354 g/mol. The Morgan fingerprint density at radius 3 is 2.40 bits per heavy atom. The molecule has 25 heavy (non-hydrogen) atoms. The van der Waals surface area contributed by atoms with Crippen molar-refractivity contribution in [3.63, 3.8) is 0 Å². The highest BCUT2D eigenvalue weighted by Gasteiger charge is 2.32. The van der Waals surface area contributed by atoms with E-state index in [1.165, 1.54) is 26.2 Å². The number of amides is 1. The summed E-state index contributed by atoms with van der Waals surface area (Å²) >= 11 is 1.01. The van der Waals surface area contributed by atoms with Crippen LogP contribution in [0.5, 0.6) is 0 Å². The van der Waals surface area contributed by atoms with Gasteiger partial charge in [0, 0.05) is 11.4 Å². The molecule has 11 nitrogen and oxygen atoms in total. The third-order valence-corrected chi connectivity index (χ3v) is 3.61. The normalized spacial score (nSPS) is 14.5. The fourth-order valence-electron chi connectivity index (χ4n) is 1.43. The van der Waals surface area contributed by atoms with Crippen LogP contribution < -0.4 is 16.8 Å². The quantitative estimate of drug-likeness (QED) is 0.287. The molecule has 0 aliphatic carbocycles. The van der Waals surface area contributed by atoms with E-state index >= 15 is 0 Å². The van der Waals surface area contributed by atoms with E-state index in [1.54, 1.807) is 0 Å². The van der Waals surface area contributed by atoms with Crippen LogP contribution in [-0.4, -0.2) is 56.4 Å². The molecule has 1 aromatic rings. The number of carbonyl (C=O) groups is 3. The minimum absolute atomic E-state index is 0.00926. The Balaban J connectivity index is 3.17. The van der Waals surface area contributed by atoms with E-state index in [9.17, 15) is 14.4 Å². The molecule has 2 atom stereocenters. The van der Waals surface area contributed by atoms with Crippen molar-refractivity contribution in [3.05, 3.63) is 11.1 Å². The molecule has 12 heteroatoms. The zero-order valence-corrected chi connectivity index (χ0v) is 14.5. The number of aromatic nitrogens is 1. The van der Waals surface area contributed by atoms with Crippen molar-refractivity contribution in [3.8, 4) is 0 Å². The zero-order chi connectivity index (χ0) is 19.4. The Bertz CT molecular complexity index is 699. The maximum absolute atomic E-state index is 12.4. The smallest absolute Gasteiger partial charge is 0.350 e. The maximum atomic E-state index is 12.4. The zero-order valence-electron chi connectivity index (χ0n) is 13.7. The highest BCUT2D eigenvalue weighted by molar-refractivity contribution is 7.13. The lowest BCUT2D eigenvalue weighted by Gasteiger charge is -2.19. The van der Waals surface area contributed by atoms with Crippen LogP contribution in [0.4, 0.5) is 5.13 Å². The lowest BCUT2D eigenvalue weighted by atomic mass is 10.1. The summed E-state index contributed by atoms with van der Waals surface area (Å²) in [6.45, 7) is 3.86. The second-order valence-electron chi connectivity index (χ2n) is 5.57. The lowest BCUT2D eigenvalue weighted by Crippen LogP contribution is -2.53. The summed E-state index contributed by atoms with van der Waals surface area (Å²) in [6.07, 6.45) is 0. The van der Waals surface area contributed by atoms with E-state index in [4.69, 9.17) is 26.5 Å². The number of nitrogens with zero attached hydrogens (tertiary/aromatic N) is 2. The average molecular weight is 373 g/mol. The van der Waals surface area contributed by atoms with Crippen molar-refractivity contribution in [2.45, 2.75) is 38.5 Å². The standard InChI is InChI=1S/C13H19N5O6S/c1-5(14)7(10(20)21)17-9(19)8(6-4-25-12(15)16-6)18-24-13(2,3)11(22)23/h4-5,7H,14H2,1-3H3,(H2,15,16)(H,17,19)(H,20,21)(H,22,23)/b18-8-/t5-,7?/m0/s1. The van der Waals surface area contributed by atoms with Crippen molar-refractivity contribution in [1.82, 2.24) is 10.3 Å². The van der Waals surface area contributed by atoms with Crippen LogP contribution in [0.2, 0.25) is 0 Å². The van der Waals surface area contributed by atoms with Gasteiger partial charge in [-0.25, -0.2) is 14.6 Å². The molecule has 0 aromatic carbocycles. The van der Waals surface area contributed by atoms with Gasteiger partial charge in [0.25, 0.3) is 5.91 Å². The topological polar surface area (TPSA) is 190 Å². The molecule has 1 heterocycles. The number of carboxylic acid groups (broad SMARTS) is 2. The highest BCUT2D eigenvalue weighted by atomic mass is 32.1. The summed E-state index contributed by atoms with van der Waals surface area (Å²) in [5.41, 5.74) is 8.92. The Labute approximate surface area is 146 Å². The van der Waals surface area contributed by atoms with E-state index in [1.807, 2.05) is 0 Å². The van der Waals surface area contributed by atoms with Crippen LogP contribution >= 0.6 is 11.3 Å². The number of carboxylic acids is 2. The van der Waals surface area contributed by atoms with Gasteiger partial charge < -0.3 is 31.8 Å². The van der Waals surface area contributed by atoms with Gasteiger partial charge in [0.1, 0.15) is 11.7 Å². The first-order valence-corrected chi connectivity index (χ1v) is 7.84. The monoisotopic (exact) mass is 373 g/mol. The molecule has 1 rings (SSSR count). The van der Waals surface area contributed by atoms with Gasteiger partial charge in [-0.2, -0.15) is 0 Å². The first-order valence-electron chi connectivity index (χ1n) is 6.96. The van der Waals surface area contributed by atoms with Gasteiger partial charge in [-0.1, -0.05) is 5.16 Å². The number of rotatable bonds is 8. The van der Waals surface area contributed by atoms with E-state index in [0.717, 1.165) is 11.3 Å². The number of nitrogens with two attached hydrogens (primary N) is 2. The predicted octanol–water partition coefficient (Wildman–Crippen LogP) is -0.774. The van der Waals surface area contributed by atoms with Gasteiger partial charge in [0.2, 0.25) is 5.60 Å². The average Bonchev–Trinajstić information content (AvgIpc) is 2.90. The molecule has 0 aliphatic heterocycles. The van der Waals surface area contributed by atoms with E-state index in [-0.39, 0.29) is 10.8 Å². The summed E-state index contributed by atoms with van der Waals surface area (Å²) < 4.78 is 0. The molecule has 0 aliphatic rings. The van der Waals surface area contributed by atoms with E-state index in [2.05, 4.69) is 15.5 Å². The van der Waals surface area contributed by atoms with Crippen LogP contribution in [0.25, 0.3) is 0 Å². The molecule has 0 radical (unpaired) electrons. The summed E-state index contributed by atoms with van der Waals surface area (Å²) in [7, 11) is 0. The minimum atomic E-state index is -1.72. The van der Waals surface area contributed by atoms with Gasteiger partial charge >= 0.3 is 11.9 Å². The Morgan fingerprint density at radius 2 is 2.00 bits per heavy atom. The van der Waals surface area contributed by atoms with E-state index in [0.29, 0.717) is 0 Å². The van der Waals surface area contributed by atoms with Crippen molar-refractivity contribution in [2.75, 3.05) is 5.73 Å². The Hall–Kier alpha value is -2.73. The van der Waals surface area contributed by atoms with Gasteiger partial charge in [-0.15, -0.1) is 11.3 Å². The van der Waals surface area contributed by atoms with Crippen molar-refractivity contribution in [1.29, 1.82) is 0 Å². The number of oxime groups is 1. The van der Waals surface area contributed by atoms with Crippen LogP contribution in [0, 0.1) is 0 Å². The summed E-state index contributed by atoms with van der Waals surface area (Å²) in [5, 5.41) is 25.4. The maximum Gasteiger partial charge on any atom is 0.350 e. The first-order chi connectivity index (χ1) is 11.5. The van der Waals surface area contributed by atoms with Crippen molar-refractivity contribution < 1.29 is 29.4 Å². The Kier molecular flexibility index (Phi) is 6.42. The number of anilines is 1. The van der Waals surface area contributed by atoms with Crippen molar-refractivity contribution >= 4 is 40.0 Å². The van der Waals surface area contributed by atoms with Gasteiger partial charge in [0.15, 0.2) is 10.8 Å². The summed E-state index contributed by atoms with van der Waals surface area (Å²) in [4.78, 5) is 43.4. The van der Waals surface area contributed by atoms with Crippen LogP contribution in [0.3, 0.4) is 0 Å².